The molecule has 3 aromatic rings. The van der Waals surface area contributed by atoms with E-state index < -0.39 is 17.6 Å². The molecule has 29 heavy (non-hydrogen) atoms. The SMILES string of the molecule is CN/C=C\C(N)=NC(=O)c1cccc2ccc(-c3cccc(C(F)(F)F)c3)nc12. The minimum Gasteiger partial charge on any atom is -0.394 e. The van der Waals surface area contributed by atoms with E-state index in [1.54, 1.807) is 37.4 Å². The van der Waals surface area contributed by atoms with E-state index in [4.69, 9.17) is 5.73 Å². The minimum atomic E-state index is -4.46. The Morgan fingerprint density at radius 2 is 1.90 bits per heavy atom. The number of rotatable bonds is 4. The van der Waals surface area contributed by atoms with Gasteiger partial charge in [-0.05, 0) is 36.5 Å². The second-order valence-electron chi connectivity index (χ2n) is 6.12. The van der Waals surface area contributed by atoms with Crippen molar-refractivity contribution in [2.75, 3.05) is 7.05 Å². The van der Waals surface area contributed by atoms with Crippen LogP contribution in [0.2, 0.25) is 0 Å². The first kappa shape index (κ1) is 20.1. The van der Waals surface area contributed by atoms with Crippen molar-refractivity contribution in [3.8, 4) is 11.3 Å². The number of amides is 1. The van der Waals surface area contributed by atoms with Crippen molar-refractivity contribution in [3.05, 3.63) is 78.0 Å². The second kappa shape index (κ2) is 8.14. The monoisotopic (exact) mass is 398 g/mol. The molecule has 0 aliphatic carbocycles. The summed E-state index contributed by atoms with van der Waals surface area (Å²) >= 11 is 0. The van der Waals surface area contributed by atoms with Gasteiger partial charge in [0, 0.05) is 18.0 Å². The van der Waals surface area contributed by atoms with Crippen LogP contribution in [0, 0.1) is 0 Å². The van der Waals surface area contributed by atoms with E-state index >= 15 is 0 Å². The molecule has 1 amide bonds. The highest BCUT2D eigenvalue weighted by atomic mass is 19.4. The molecule has 8 heteroatoms. The lowest BCUT2D eigenvalue weighted by Gasteiger charge is -2.10. The molecule has 0 spiro atoms. The number of carbonyl (C=O) groups is 1. The Labute approximate surface area is 164 Å². The summed E-state index contributed by atoms with van der Waals surface area (Å²) in [6, 6.07) is 13.2. The first-order valence-corrected chi connectivity index (χ1v) is 8.59. The fourth-order valence-electron chi connectivity index (χ4n) is 2.72. The number of aliphatic imine (C=N–C) groups is 1. The number of aromatic nitrogens is 1. The molecule has 2 aromatic carbocycles. The molecule has 0 aliphatic heterocycles. The Morgan fingerprint density at radius 3 is 2.62 bits per heavy atom. The van der Waals surface area contributed by atoms with E-state index in [1.807, 2.05) is 0 Å². The number of hydrogen-bond acceptors (Lipinski definition) is 3. The Kier molecular flexibility index (Phi) is 5.63. The number of hydrogen-bond donors (Lipinski definition) is 2. The van der Waals surface area contributed by atoms with Crippen LogP contribution in [-0.4, -0.2) is 23.8 Å². The Balaban J connectivity index is 2.07. The molecule has 3 N–H and O–H groups in total. The van der Waals surface area contributed by atoms with Gasteiger partial charge >= 0.3 is 6.18 Å². The zero-order chi connectivity index (χ0) is 21.0. The van der Waals surface area contributed by atoms with Crippen LogP contribution in [0.25, 0.3) is 22.2 Å². The van der Waals surface area contributed by atoms with E-state index in [1.165, 1.54) is 24.4 Å². The maximum Gasteiger partial charge on any atom is 0.416 e. The van der Waals surface area contributed by atoms with E-state index in [2.05, 4.69) is 15.3 Å². The van der Waals surface area contributed by atoms with Gasteiger partial charge in [0.05, 0.1) is 22.3 Å². The standard InChI is InChI=1S/C21H17F3N4O/c1-26-11-10-18(25)28-20(29)16-7-3-4-13-8-9-17(27-19(13)16)14-5-2-6-15(12-14)21(22,23)24/h2-12,26H,1H3,(H2,25,28,29)/b11-10-. The number of fused-ring (bicyclic) bond motifs is 1. The molecule has 0 saturated carbocycles. The predicted molar refractivity (Wildman–Crippen MR) is 106 cm³/mol. The van der Waals surface area contributed by atoms with Gasteiger partial charge in [-0.3, -0.25) is 4.79 Å². The average Bonchev–Trinajstić information content (AvgIpc) is 2.70. The summed E-state index contributed by atoms with van der Waals surface area (Å²) in [5.74, 6) is -0.585. The van der Waals surface area contributed by atoms with E-state index in [0.717, 1.165) is 12.1 Å². The van der Waals surface area contributed by atoms with Crippen molar-refractivity contribution in [1.82, 2.24) is 10.3 Å². The third-order valence-corrected chi connectivity index (χ3v) is 4.09. The van der Waals surface area contributed by atoms with Crippen molar-refractivity contribution < 1.29 is 18.0 Å². The molecule has 0 radical (unpaired) electrons. The van der Waals surface area contributed by atoms with Gasteiger partial charge in [0.1, 0.15) is 5.84 Å². The fourth-order valence-corrected chi connectivity index (χ4v) is 2.72. The summed E-state index contributed by atoms with van der Waals surface area (Å²) in [4.78, 5) is 20.8. The second-order valence-corrected chi connectivity index (χ2v) is 6.12. The van der Waals surface area contributed by atoms with Crippen LogP contribution in [0.4, 0.5) is 13.2 Å². The van der Waals surface area contributed by atoms with Crippen molar-refractivity contribution in [3.63, 3.8) is 0 Å². The number of nitrogens with two attached hydrogens (primary N) is 1. The largest absolute Gasteiger partial charge is 0.416 e. The highest BCUT2D eigenvalue weighted by Gasteiger charge is 2.30. The summed E-state index contributed by atoms with van der Waals surface area (Å²) in [5.41, 5.74) is 6.08. The van der Waals surface area contributed by atoms with Gasteiger partial charge < -0.3 is 11.1 Å². The van der Waals surface area contributed by atoms with Crippen LogP contribution >= 0.6 is 0 Å². The van der Waals surface area contributed by atoms with E-state index in [-0.39, 0.29) is 11.4 Å². The molecule has 0 saturated heterocycles. The average molecular weight is 398 g/mol. The number of amidine groups is 1. The zero-order valence-electron chi connectivity index (χ0n) is 15.4. The van der Waals surface area contributed by atoms with E-state index in [9.17, 15) is 18.0 Å². The first-order valence-electron chi connectivity index (χ1n) is 8.59. The molecule has 3 rings (SSSR count). The number of halogens is 3. The molecule has 148 valence electrons. The number of carbonyl (C=O) groups excluding carboxylic acids is 1. The quantitative estimate of drug-likeness (QED) is 0.511. The first-order chi connectivity index (χ1) is 13.8. The normalized spacial score (nSPS) is 12.5. The Hall–Kier alpha value is -3.68. The lowest BCUT2D eigenvalue weighted by Crippen LogP contribution is -2.12. The molecule has 0 aliphatic rings. The number of nitrogens with zero attached hydrogens (tertiary/aromatic N) is 2. The van der Waals surface area contributed by atoms with Crippen molar-refractivity contribution >= 4 is 22.6 Å². The highest BCUT2D eigenvalue weighted by molar-refractivity contribution is 6.11. The molecular formula is C21H17F3N4O. The lowest BCUT2D eigenvalue weighted by atomic mass is 10.0. The van der Waals surface area contributed by atoms with Crippen LogP contribution in [0.1, 0.15) is 15.9 Å². The Bertz CT molecular complexity index is 1120. The summed E-state index contributed by atoms with van der Waals surface area (Å²) in [5, 5.41) is 3.40. The smallest absolute Gasteiger partial charge is 0.394 e. The minimum absolute atomic E-state index is 0.00962. The van der Waals surface area contributed by atoms with Gasteiger partial charge in [-0.1, -0.05) is 30.3 Å². The van der Waals surface area contributed by atoms with Gasteiger partial charge in [0.15, 0.2) is 0 Å². The molecule has 0 fully saturated rings. The lowest BCUT2D eigenvalue weighted by molar-refractivity contribution is -0.137. The van der Waals surface area contributed by atoms with Gasteiger partial charge in [-0.2, -0.15) is 18.2 Å². The van der Waals surface area contributed by atoms with Crippen molar-refractivity contribution in [2.45, 2.75) is 6.18 Å². The topological polar surface area (TPSA) is 80.4 Å². The predicted octanol–water partition coefficient (Wildman–Crippen LogP) is 4.15. The third-order valence-electron chi connectivity index (χ3n) is 4.09. The van der Waals surface area contributed by atoms with Crippen LogP contribution in [-0.2, 0) is 6.18 Å². The molecule has 0 unspecified atom stereocenters. The van der Waals surface area contributed by atoms with Crippen molar-refractivity contribution in [1.29, 1.82) is 0 Å². The summed E-state index contributed by atoms with van der Waals surface area (Å²) < 4.78 is 39.0. The number of nitrogens with one attached hydrogen (secondary N) is 1. The molecule has 1 aromatic heterocycles. The maximum absolute atomic E-state index is 13.0. The number of pyridine rings is 1. The third kappa shape index (κ3) is 4.60. The summed E-state index contributed by atoms with van der Waals surface area (Å²) in [7, 11) is 1.68. The number of alkyl halides is 3. The van der Waals surface area contributed by atoms with Crippen LogP contribution < -0.4 is 11.1 Å². The molecule has 0 atom stereocenters. The number of benzene rings is 2. The van der Waals surface area contributed by atoms with Crippen molar-refractivity contribution in [2.24, 2.45) is 10.7 Å². The van der Waals surface area contributed by atoms with Gasteiger partial charge in [0.25, 0.3) is 5.91 Å². The van der Waals surface area contributed by atoms with E-state index in [0.29, 0.717) is 22.2 Å². The van der Waals surface area contributed by atoms with Crippen LogP contribution in [0.15, 0.2) is 71.9 Å². The zero-order valence-corrected chi connectivity index (χ0v) is 15.4. The van der Waals surface area contributed by atoms with Gasteiger partial charge in [-0.25, -0.2) is 4.98 Å². The Morgan fingerprint density at radius 1 is 1.14 bits per heavy atom. The summed E-state index contributed by atoms with van der Waals surface area (Å²) in [6.45, 7) is 0. The molecule has 1 heterocycles. The highest BCUT2D eigenvalue weighted by Crippen LogP contribution is 2.32. The fraction of sp³-hybridized carbons (Fsp3) is 0.0952. The maximum atomic E-state index is 13.0. The molecular weight excluding hydrogens is 381 g/mol. The summed E-state index contributed by atoms with van der Waals surface area (Å²) in [6.07, 6.45) is -1.50. The molecule has 5 nitrogen and oxygen atoms in total. The molecule has 0 bridgehead atoms. The van der Waals surface area contributed by atoms with Crippen LogP contribution in [0.5, 0.6) is 0 Å². The van der Waals surface area contributed by atoms with Crippen LogP contribution in [0.3, 0.4) is 0 Å². The number of para-hydroxylation sites is 1. The van der Waals surface area contributed by atoms with Gasteiger partial charge in [-0.15, -0.1) is 0 Å². The van der Waals surface area contributed by atoms with Gasteiger partial charge in [0.2, 0.25) is 0 Å².